The summed E-state index contributed by atoms with van der Waals surface area (Å²) >= 11 is 0. The first kappa shape index (κ1) is 20.3. The molecule has 1 amide bonds. The summed E-state index contributed by atoms with van der Waals surface area (Å²) in [6, 6.07) is 7.66. The summed E-state index contributed by atoms with van der Waals surface area (Å²) in [7, 11) is -3.73. The lowest BCUT2D eigenvalue weighted by molar-refractivity contribution is -0.246. The molecule has 7 N–H and O–H groups in total. The SMILES string of the molecule is CCN(C(=O)[O-])c1cc(NCCc2ccc(S(N)(=O)=O)cc2)c(N)c(N)n1. The predicted molar refractivity (Wildman–Crippen MR) is 101 cm³/mol. The standard InChI is InChI=1S/C16H22N6O4S/c1-2-22(16(23)24)13-9-12(14(17)15(18)21-13)20-8-7-10-3-5-11(6-4-10)27(19,25)26/h3-6,9H,2,7-8,17H2,1H3,(H,23,24)(H3,18,20,21)(H2,19,25,26)/p-1. The van der Waals surface area contributed by atoms with E-state index in [2.05, 4.69) is 10.3 Å². The fourth-order valence-corrected chi connectivity index (χ4v) is 2.93. The topological polar surface area (TPSA) is 180 Å². The van der Waals surface area contributed by atoms with Gasteiger partial charge >= 0.3 is 0 Å². The van der Waals surface area contributed by atoms with E-state index in [0.29, 0.717) is 18.7 Å². The third-order valence-corrected chi connectivity index (χ3v) is 4.80. The molecule has 0 radical (unpaired) electrons. The van der Waals surface area contributed by atoms with Gasteiger partial charge in [-0.1, -0.05) is 12.1 Å². The van der Waals surface area contributed by atoms with E-state index in [9.17, 15) is 18.3 Å². The molecule has 10 nitrogen and oxygen atoms in total. The molecule has 0 atom stereocenters. The van der Waals surface area contributed by atoms with E-state index in [4.69, 9.17) is 16.6 Å². The molecule has 1 aromatic heterocycles. The number of anilines is 4. The van der Waals surface area contributed by atoms with Crippen molar-refractivity contribution in [3.8, 4) is 0 Å². The fraction of sp³-hybridized carbons (Fsp3) is 0.250. The molecule has 0 saturated heterocycles. The van der Waals surface area contributed by atoms with Gasteiger partial charge in [0.05, 0.1) is 16.3 Å². The largest absolute Gasteiger partial charge is 0.530 e. The van der Waals surface area contributed by atoms with Gasteiger partial charge in [-0.3, -0.25) is 0 Å². The molecule has 0 aliphatic rings. The normalized spacial score (nSPS) is 11.2. The number of nitrogens with one attached hydrogen (secondary N) is 1. The number of nitrogen functional groups attached to an aromatic ring is 2. The molecule has 146 valence electrons. The van der Waals surface area contributed by atoms with E-state index < -0.39 is 16.1 Å². The van der Waals surface area contributed by atoms with Gasteiger partial charge in [0.15, 0.2) is 5.82 Å². The minimum Gasteiger partial charge on any atom is -0.530 e. The number of hydrogen-bond acceptors (Lipinski definition) is 8. The molecule has 11 heteroatoms. The van der Waals surface area contributed by atoms with Crippen molar-refractivity contribution in [1.82, 2.24) is 4.98 Å². The Bertz CT molecular complexity index is 931. The summed E-state index contributed by atoms with van der Waals surface area (Å²) in [5.41, 5.74) is 13.2. The van der Waals surface area contributed by atoms with E-state index >= 15 is 0 Å². The van der Waals surface area contributed by atoms with Crippen LogP contribution in [-0.2, 0) is 16.4 Å². The predicted octanol–water partition coefficient (Wildman–Crippen LogP) is -0.282. The number of rotatable bonds is 7. The summed E-state index contributed by atoms with van der Waals surface area (Å²) in [5, 5.41) is 19.3. The van der Waals surface area contributed by atoms with Gasteiger partial charge in [-0.15, -0.1) is 0 Å². The summed E-state index contributed by atoms with van der Waals surface area (Å²) < 4.78 is 22.5. The van der Waals surface area contributed by atoms with Crippen molar-refractivity contribution in [3.63, 3.8) is 0 Å². The third kappa shape index (κ3) is 4.99. The molecule has 0 fully saturated rings. The Balaban J connectivity index is 2.11. The van der Waals surface area contributed by atoms with Crippen LogP contribution in [-0.4, -0.2) is 32.6 Å². The van der Waals surface area contributed by atoms with Crippen molar-refractivity contribution in [3.05, 3.63) is 35.9 Å². The molecular weight excluding hydrogens is 372 g/mol. The second-order valence-corrected chi connectivity index (χ2v) is 7.26. The molecule has 1 aromatic carbocycles. The first-order valence-corrected chi connectivity index (χ1v) is 9.58. The minimum atomic E-state index is -3.73. The number of hydrogen-bond donors (Lipinski definition) is 4. The van der Waals surface area contributed by atoms with Crippen LogP contribution in [0.3, 0.4) is 0 Å². The van der Waals surface area contributed by atoms with Crippen LogP contribution in [0.2, 0.25) is 0 Å². The van der Waals surface area contributed by atoms with Crippen LogP contribution in [0.5, 0.6) is 0 Å². The monoisotopic (exact) mass is 393 g/mol. The highest BCUT2D eigenvalue weighted by atomic mass is 32.2. The van der Waals surface area contributed by atoms with Crippen molar-refractivity contribution in [2.24, 2.45) is 5.14 Å². The Kier molecular flexibility index (Phi) is 6.08. The Labute approximate surface area is 157 Å². The first-order valence-electron chi connectivity index (χ1n) is 8.03. The van der Waals surface area contributed by atoms with Crippen LogP contribution < -0.4 is 31.9 Å². The molecule has 0 aliphatic carbocycles. The lowest BCUT2D eigenvalue weighted by Gasteiger charge is -2.24. The van der Waals surface area contributed by atoms with Crippen LogP contribution >= 0.6 is 0 Å². The highest BCUT2D eigenvalue weighted by Crippen LogP contribution is 2.28. The number of carboxylic acid groups (broad SMARTS) is 1. The summed E-state index contributed by atoms with van der Waals surface area (Å²) in [4.78, 5) is 16.1. The second kappa shape index (κ2) is 8.10. The first-order chi connectivity index (χ1) is 12.6. The summed E-state index contributed by atoms with van der Waals surface area (Å²) in [5.74, 6) is 0.122. The molecule has 0 unspecified atom stereocenters. The lowest BCUT2D eigenvalue weighted by atomic mass is 10.1. The van der Waals surface area contributed by atoms with Crippen molar-refractivity contribution < 1.29 is 18.3 Å². The van der Waals surface area contributed by atoms with Crippen molar-refractivity contribution in [1.29, 1.82) is 0 Å². The molecule has 0 aliphatic heterocycles. The van der Waals surface area contributed by atoms with Crippen LogP contribution in [0, 0.1) is 0 Å². The van der Waals surface area contributed by atoms with E-state index in [0.717, 1.165) is 10.5 Å². The Morgan fingerprint density at radius 3 is 2.41 bits per heavy atom. The molecule has 2 aromatic rings. The molecule has 1 heterocycles. The number of primary sulfonamides is 1. The molecule has 27 heavy (non-hydrogen) atoms. The van der Waals surface area contributed by atoms with Gasteiger partial charge in [0, 0.05) is 19.2 Å². The van der Waals surface area contributed by atoms with Crippen molar-refractivity contribution >= 4 is 39.1 Å². The molecule has 0 bridgehead atoms. The maximum absolute atomic E-state index is 11.3. The number of amides is 1. The smallest absolute Gasteiger partial charge is 0.238 e. The van der Waals surface area contributed by atoms with E-state index in [1.165, 1.54) is 18.2 Å². The zero-order chi connectivity index (χ0) is 20.2. The molecular formula is C16H21N6O4S-. The van der Waals surface area contributed by atoms with E-state index in [1.54, 1.807) is 19.1 Å². The van der Waals surface area contributed by atoms with Gasteiger partial charge in [-0.2, -0.15) is 0 Å². The lowest BCUT2D eigenvalue weighted by Crippen LogP contribution is -2.41. The van der Waals surface area contributed by atoms with Crippen LogP contribution in [0.4, 0.5) is 27.8 Å². The number of nitrogens with zero attached hydrogens (tertiary/aromatic N) is 2. The number of carbonyl (C=O) groups is 1. The average Bonchev–Trinajstić information content (AvgIpc) is 2.59. The summed E-state index contributed by atoms with van der Waals surface area (Å²) in [6.07, 6.45) is -0.838. The summed E-state index contributed by atoms with van der Waals surface area (Å²) in [6.45, 7) is 2.23. The van der Waals surface area contributed by atoms with Gasteiger partial charge in [0.2, 0.25) is 10.0 Å². The van der Waals surface area contributed by atoms with Gasteiger partial charge in [0.25, 0.3) is 0 Å². The number of carbonyl (C=O) groups excluding carboxylic acids is 1. The Morgan fingerprint density at radius 2 is 1.89 bits per heavy atom. The molecule has 0 saturated carbocycles. The average molecular weight is 393 g/mol. The van der Waals surface area contributed by atoms with Crippen LogP contribution in [0.15, 0.2) is 35.2 Å². The number of benzene rings is 1. The quantitative estimate of drug-likeness (QED) is 0.495. The van der Waals surface area contributed by atoms with Crippen LogP contribution in [0.25, 0.3) is 0 Å². The molecule has 2 rings (SSSR count). The van der Waals surface area contributed by atoms with Gasteiger partial charge in [0.1, 0.15) is 11.9 Å². The van der Waals surface area contributed by atoms with Crippen molar-refractivity contribution in [2.75, 3.05) is 34.8 Å². The number of sulfonamides is 1. The zero-order valence-electron chi connectivity index (χ0n) is 14.7. The number of pyridine rings is 1. The van der Waals surface area contributed by atoms with Crippen LogP contribution in [0.1, 0.15) is 12.5 Å². The maximum atomic E-state index is 11.3. The number of aromatic nitrogens is 1. The zero-order valence-corrected chi connectivity index (χ0v) is 15.5. The highest BCUT2D eigenvalue weighted by Gasteiger charge is 2.13. The fourth-order valence-electron chi connectivity index (χ4n) is 2.42. The van der Waals surface area contributed by atoms with Crippen molar-refractivity contribution in [2.45, 2.75) is 18.2 Å². The van der Waals surface area contributed by atoms with E-state index in [1.807, 2.05) is 0 Å². The van der Waals surface area contributed by atoms with Gasteiger partial charge < -0.3 is 31.6 Å². The van der Waals surface area contributed by atoms with Gasteiger partial charge in [-0.25, -0.2) is 18.5 Å². The number of nitrogens with two attached hydrogens (primary N) is 3. The second-order valence-electron chi connectivity index (χ2n) is 5.70. The third-order valence-electron chi connectivity index (χ3n) is 3.87. The minimum absolute atomic E-state index is 0.00667. The Hall–Kier alpha value is -3.05. The van der Waals surface area contributed by atoms with Gasteiger partial charge in [-0.05, 0) is 31.0 Å². The maximum Gasteiger partial charge on any atom is 0.238 e. The Morgan fingerprint density at radius 1 is 1.26 bits per heavy atom. The van der Waals surface area contributed by atoms with E-state index in [-0.39, 0.29) is 28.8 Å². The highest BCUT2D eigenvalue weighted by molar-refractivity contribution is 7.89. The molecule has 0 spiro atoms.